The highest BCUT2D eigenvalue weighted by atomic mass is 19.1. The van der Waals surface area contributed by atoms with Gasteiger partial charge in [-0.3, -0.25) is 14.7 Å². The first-order chi connectivity index (χ1) is 18.8. The zero-order valence-electron chi connectivity index (χ0n) is 23.5. The lowest BCUT2D eigenvalue weighted by Gasteiger charge is -2.26. The Kier molecular flexibility index (Phi) is 9.57. The lowest BCUT2D eigenvalue weighted by molar-refractivity contribution is 0.0926. The Morgan fingerprint density at radius 3 is 2.46 bits per heavy atom. The number of carbonyl (C=O) groups is 1. The van der Waals surface area contributed by atoms with Crippen LogP contribution < -0.4 is 14.8 Å². The van der Waals surface area contributed by atoms with Crippen LogP contribution in [0.4, 0.5) is 4.39 Å². The Bertz CT molecular complexity index is 1220. The first-order valence-electron chi connectivity index (χ1n) is 13.9. The molecule has 0 spiro atoms. The summed E-state index contributed by atoms with van der Waals surface area (Å²) in [6.45, 7) is 13.9. The van der Waals surface area contributed by atoms with Crippen LogP contribution in [-0.4, -0.2) is 47.6 Å². The van der Waals surface area contributed by atoms with Gasteiger partial charge in [0, 0.05) is 31.0 Å². The monoisotopic (exact) mass is 533 g/mol. The van der Waals surface area contributed by atoms with Gasteiger partial charge in [-0.1, -0.05) is 18.7 Å². The van der Waals surface area contributed by atoms with Gasteiger partial charge in [0.05, 0.1) is 30.2 Å². The van der Waals surface area contributed by atoms with Crippen molar-refractivity contribution in [2.45, 2.75) is 65.6 Å². The van der Waals surface area contributed by atoms with E-state index in [2.05, 4.69) is 33.9 Å². The van der Waals surface area contributed by atoms with Gasteiger partial charge in [0.1, 0.15) is 11.5 Å². The summed E-state index contributed by atoms with van der Waals surface area (Å²) in [5, 5.41) is 3.28. The summed E-state index contributed by atoms with van der Waals surface area (Å²) in [5.74, 6) is 1.50. The summed E-state index contributed by atoms with van der Waals surface area (Å²) in [4.78, 5) is 19.6. The number of allylic oxidation sites excluding steroid dienone is 5. The van der Waals surface area contributed by atoms with E-state index in [1.807, 2.05) is 26.8 Å². The first-order valence-corrected chi connectivity index (χ1v) is 13.9. The van der Waals surface area contributed by atoms with Gasteiger partial charge in [-0.15, -0.1) is 0 Å². The zero-order chi connectivity index (χ0) is 27.9. The smallest absolute Gasteiger partial charge is 0.253 e. The highest BCUT2D eigenvalue weighted by molar-refractivity contribution is 5.94. The van der Waals surface area contributed by atoms with Crippen LogP contribution in [0.15, 0.2) is 61.2 Å². The topological polar surface area (TPSA) is 63.7 Å². The molecule has 2 aromatic rings. The number of ether oxygens (including phenoxy) is 2. The number of fused-ring (bicyclic) bond motifs is 1. The Balaban J connectivity index is 1.53. The number of halogens is 1. The fraction of sp³-hybridized carbons (Fsp3) is 0.438. The third-order valence-electron chi connectivity index (χ3n) is 7.57. The number of likely N-dealkylation sites (tertiary alicyclic amines) is 1. The SMILES string of the molecule is C=C/C(=C\C=C(/C)F)c1c(OCC)cc(CN2CCC3C(NC(=O)c4cncc(C)c4)CCC32)cc1OCC. The van der Waals surface area contributed by atoms with E-state index < -0.39 is 0 Å². The number of aryl methyl sites for hydroxylation is 1. The second-order valence-electron chi connectivity index (χ2n) is 10.3. The van der Waals surface area contributed by atoms with Gasteiger partial charge >= 0.3 is 0 Å². The number of amides is 1. The predicted octanol–water partition coefficient (Wildman–Crippen LogP) is 6.41. The summed E-state index contributed by atoms with van der Waals surface area (Å²) in [5.41, 5.74) is 4.22. The molecule has 1 N–H and O–H groups in total. The highest BCUT2D eigenvalue weighted by Crippen LogP contribution is 2.41. The average molecular weight is 534 g/mol. The maximum atomic E-state index is 13.5. The minimum Gasteiger partial charge on any atom is -0.493 e. The third-order valence-corrected chi connectivity index (χ3v) is 7.57. The molecule has 1 amide bonds. The van der Waals surface area contributed by atoms with Crippen molar-refractivity contribution in [2.24, 2.45) is 5.92 Å². The molecule has 208 valence electrons. The van der Waals surface area contributed by atoms with Crippen molar-refractivity contribution in [2.75, 3.05) is 19.8 Å². The van der Waals surface area contributed by atoms with Gasteiger partial charge in [0.15, 0.2) is 0 Å². The molecular weight excluding hydrogens is 493 g/mol. The molecule has 0 bridgehead atoms. The normalized spacial score (nSPS) is 21.5. The number of rotatable bonds is 11. The summed E-state index contributed by atoms with van der Waals surface area (Å²) >= 11 is 0. The van der Waals surface area contributed by atoms with E-state index in [1.54, 1.807) is 24.5 Å². The molecule has 7 heteroatoms. The van der Waals surface area contributed by atoms with E-state index in [9.17, 15) is 9.18 Å². The van der Waals surface area contributed by atoms with Gasteiger partial charge in [-0.25, -0.2) is 4.39 Å². The van der Waals surface area contributed by atoms with Gasteiger partial charge in [0.25, 0.3) is 5.91 Å². The molecule has 1 aromatic carbocycles. The van der Waals surface area contributed by atoms with Crippen molar-refractivity contribution in [3.63, 3.8) is 0 Å². The maximum absolute atomic E-state index is 13.5. The quantitative estimate of drug-likeness (QED) is 0.338. The number of hydrogen-bond acceptors (Lipinski definition) is 5. The third kappa shape index (κ3) is 6.77. The molecule has 4 rings (SSSR count). The summed E-state index contributed by atoms with van der Waals surface area (Å²) in [6, 6.07) is 6.60. The maximum Gasteiger partial charge on any atom is 0.253 e. The number of pyridine rings is 1. The Labute approximate surface area is 231 Å². The molecule has 6 nitrogen and oxygen atoms in total. The van der Waals surface area contributed by atoms with Crippen molar-refractivity contribution < 1.29 is 18.7 Å². The van der Waals surface area contributed by atoms with E-state index in [0.29, 0.717) is 42.2 Å². The molecule has 1 saturated heterocycles. The number of benzene rings is 1. The van der Waals surface area contributed by atoms with Crippen LogP contribution in [-0.2, 0) is 6.54 Å². The molecule has 1 aromatic heterocycles. The summed E-state index contributed by atoms with van der Waals surface area (Å²) in [6.07, 6.45) is 11.3. The van der Waals surface area contributed by atoms with Crippen LogP contribution >= 0.6 is 0 Å². The summed E-state index contributed by atoms with van der Waals surface area (Å²) < 4.78 is 25.6. The van der Waals surface area contributed by atoms with Gasteiger partial charge in [-0.05, 0) is 100 Å². The molecular formula is C32H40FN3O3. The van der Waals surface area contributed by atoms with E-state index in [4.69, 9.17) is 9.47 Å². The number of aromatic nitrogens is 1. The molecule has 3 unspecified atom stereocenters. The van der Waals surface area contributed by atoms with Gasteiger partial charge in [-0.2, -0.15) is 0 Å². The largest absolute Gasteiger partial charge is 0.493 e. The van der Waals surface area contributed by atoms with Crippen LogP contribution in [0, 0.1) is 12.8 Å². The van der Waals surface area contributed by atoms with Crippen molar-refractivity contribution in [3.8, 4) is 11.5 Å². The number of hydrogen-bond donors (Lipinski definition) is 1. The Hall–Kier alpha value is -3.45. The van der Waals surface area contributed by atoms with E-state index in [1.165, 1.54) is 13.0 Å². The van der Waals surface area contributed by atoms with Crippen molar-refractivity contribution in [1.29, 1.82) is 0 Å². The Morgan fingerprint density at radius 1 is 1.13 bits per heavy atom. The van der Waals surface area contributed by atoms with Crippen LogP contribution in [0.3, 0.4) is 0 Å². The lowest BCUT2D eigenvalue weighted by Crippen LogP contribution is -2.39. The molecule has 2 fully saturated rings. The van der Waals surface area contributed by atoms with Crippen LogP contribution in [0.25, 0.3) is 5.57 Å². The van der Waals surface area contributed by atoms with E-state index in [-0.39, 0.29) is 17.8 Å². The average Bonchev–Trinajstić information content (AvgIpc) is 3.49. The number of carbonyl (C=O) groups excluding carboxylic acids is 1. The molecule has 1 aliphatic carbocycles. The predicted molar refractivity (Wildman–Crippen MR) is 154 cm³/mol. The van der Waals surface area contributed by atoms with Crippen molar-refractivity contribution in [3.05, 3.63) is 83.5 Å². The number of nitrogens with one attached hydrogen (secondary N) is 1. The molecule has 1 saturated carbocycles. The fourth-order valence-electron chi connectivity index (χ4n) is 5.93. The molecule has 1 aliphatic heterocycles. The highest BCUT2D eigenvalue weighted by Gasteiger charge is 2.44. The van der Waals surface area contributed by atoms with E-state index >= 15 is 0 Å². The minimum atomic E-state index is -0.285. The van der Waals surface area contributed by atoms with Crippen molar-refractivity contribution in [1.82, 2.24) is 15.2 Å². The molecule has 0 radical (unpaired) electrons. The number of nitrogens with zero attached hydrogens (tertiary/aromatic N) is 2. The zero-order valence-corrected chi connectivity index (χ0v) is 23.5. The molecule has 2 heterocycles. The molecule has 3 atom stereocenters. The Morgan fingerprint density at radius 2 is 1.85 bits per heavy atom. The standard InChI is InChI=1S/C32H40FN3O3/c1-6-24(10-9-22(5)33)31-29(38-7-2)16-23(17-30(31)39-8-3)20-36-14-13-26-27(11-12-28(26)36)35-32(37)25-15-21(4)18-34-19-25/h6,9-10,15-19,26-28H,1,7-8,11-14,20H2,2-5H3,(H,35,37)/b22-9+,24-10+. The lowest BCUT2D eigenvalue weighted by atomic mass is 9.99. The second kappa shape index (κ2) is 13.1. The van der Waals surface area contributed by atoms with Gasteiger partial charge < -0.3 is 14.8 Å². The van der Waals surface area contributed by atoms with Crippen LogP contribution in [0.5, 0.6) is 11.5 Å². The van der Waals surface area contributed by atoms with Gasteiger partial charge in [0.2, 0.25) is 0 Å². The van der Waals surface area contributed by atoms with E-state index in [0.717, 1.165) is 54.6 Å². The van der Waals surface area contributed by atoms with Crippen molar-refractivity contribution >= 4 is 11.5 Å². The fourth-order valence-corrected chi connectivity index (χ4v) is 5.93. The first kappa shape index (κ1) is 28.6. The van der Waals surface area contributed by atoms with Crippen LogP contribution in [0.2, 0.25) is 0 Å². The summed E-state index contributed by atoms with van der Waals surface area (Å²) in [7, 11) is 0. The minimum absolute atomic E-state index is 0.0440. The van der Waals surface area contributed by atoms with Crippen LogP contribution in [0.1, 0.15) is 67.1 Å². The second-order valence-corrected chi connectivity index (χ2v) is 10.3. The molecule has 2 aliphatic rings. The molecule has 39 heavy (non-hydrogen) atoms.